The summed E-state index contributed by atoms with van der Waals surface area (Å²) in [5.74, 6) is -0.572. The minimum atomic E-state index is -0.550. The molecule has 0 aliphatic carbocycles. The highest BCUT2D eigenvalue weighted by atomic mass is 79.9. The number of nitrogens with one attached hydrogen (secondary N) is 1. The number of carbonyl (C=O) groups is 1. The van der Waals surface area contributed by atoms with Crippen LogP contribution in [0.4, 0.5) is 15.8 Å². The molecule has 1 N–H and O–H groups in total. The van der Waals surface area contributed by atoms with Crippen molar-refractivity contribution in [3.63, 3.8) is 0 Å². The van der Waals surface area contributed by atoms with Crippen LogP contribution < -0.4 is 5.32 Å². The van der Waals surface area contributed by atoms with E-state index >= 15 is 0 Å². The Morgan fingerprint density at radius 2 is 2.13 bits per heavy atom. The molecule has 0 unspecified atom stereocenters. The summed E-state index contributed by atoms with van der Waals surface area (Å²) in [4.78, 5) is 22.8. The molecule has 11 heteroatoms. The summed E-state index contributed by atoms with van der Waals surface area (Å²) < 4.78 is 16.1. The number of amides is 1. The second kappa shape index (κ2) is 9.63. The molecule has 30 heavy (non-hydrogen) atoms. The molecule has 0 aliphatic rings. The summed E-state index contributed by atoms with van der Waals surface area (Å²) in [7, 11) is 0. The molecule has 8 nitrogen and oxygen atoms in total. The number of non-ortho nitro benzene ring substituents is 1. The Bertz CT molecular complexity index is 1120. The zero-order valence-corrected chi connectivity index (χ0v) is 17.8. The Balaban J connectivity index is 1.76. The molecule has 0 saturated heterocycles. The molecular formula is C19H15BrFN5O3S. The normalized spacial score (nSPS) is 10.6. The predicted molar refractivity (Wildman–Crippen MR) is 116 cm³/mol. The van der Waals surface area contributed by atoms with E-state index < -0.39 is 16.6 Å². The lowest BCUT2D eigenvalue weighted by Gasteiger charge is -2.09. The van der Waals surface area contributed by atoms with Crippen LogP contribution >= 0.6 is 27.7 Å². The standard InChI is InChI=1S/C19H15BrFN5O3S/c1-2-8-25-18(12-4-3-5-14(9-12)26(28)29)23-24-19(25)30-11-17(27)22-16-7-6-13(20)10-15(16)21/h2-7,9-10H,1,8,11H2,(H,22,27). The Hall–Kier alpha value is -3.05. The number of hydrogen-bond acceptors (Lipinski definition) is 6. The molecule has 1 amide bonds. The smallest absolute Gasteiger partial charge is 0.270 e. The summed E-state index contributed by atoms with van der Waals surface area (Å²) in [6, 6.07) is 10.4. The summed E-state index contributed by atoms with van der Waals surface area (Å²) in [6.45, 7) is 4.05. The molecule has 3 rings (SSSR count). The average molecular weight is 492 g/mol. The highest BCUT2D eigenvalue weighted by Gasteiger charge is 2.17. The molecule has 154 valence electrons. The van der Waals surface area contributed by atoms with Crippen LogP contribution in [0.25, 0.3) is 11.4 Å². The van der Waals surface area contributed by atoms with E-state index in [1.807, 2.05) is 0 Å². The molecule has 0 saturated carbocycles. The van der Waals surface area contributed by atoms with E-state index in [2.05, 4.69) is 38.0 Å². The number of thioether (sulfide) groups is 1. The molecule has 0 bridgehead atoms. The number of allylic oxidation sites excluding steroid dienone is 1. The molecule has 1 heterocycles. The van der Waals surface area contributed by atoms with Crippen LogP contribution in [-0.2, 0) is 11.3 Å². The second-order valence-electron chi connectivity index (χ2n) is 5.97. The van der Waals surface area contributed by atoms with Crippen LogP contribution in [0.3, 0.4) is 0 Å². The SMILES string of the molecule is C=CCn1c(SCC(=O)Nc2ccc(Br)cc2F)nnc1-c1cccc([N+](=O)[O-])c1. The van der Waals surface area contributed by atoms with Crippen LogP contribution in [0, 0.1) is 15.9 Å². The van der Waals surface area contributed by atoms with Gasteiger partial charge in [0.2, 0.25) is 5.91 Å². The van der Waals surface area contributed by atoms with Crippen LogP contribution in [-0.4, -0.2) is 31.3 Å². The third-order valence-electron chi connectivity index (χ3n) is 3.88. The lowest BCUT2D eigenvalue weighted by atomic mass is 10.2. The quantitative estimate of drug-likeness (QED) is 0.212. The Morgan fingerprint density at radius 3 is 2.83 bits per heavy atom. The highest BCUT2D eigenvalue weighted by Crippen LogP contribution is 2.27. The van der Waals surface area contributed by atoms with Crippen molar-refractivity contribution >= 4 is 45.0 Å². The number of anilines is 1. The minimum absolute atomic E-state index is 0.0281. The van der Waals surface area contributed by atoms with Gasteiger partial charge in [-0.1, -0.05) is 45.9 Å². The number of nitrogens with zero attached hydrogens (tertiary/aromatic N) is 4. The number of carbonyl (C=O) groups excluding carboxylic acids is 1. The van der Waals surface area contributed by atoms with Gasteiger partial charge in [0.05, 0.1) is 16.4 Å². The second-order valence-corrected chi connectivity index (χ2v) is 7.83. The van der Waals surface area contributed by atoms with Crippen molar-refractivity contribution in [1.82, 2.24) is 14.8 Å². The van der Waals surface area contributed by atoms with Crippen molar-refractivity contribution in [2.24, 2.45) is 0 Å². The third-order valence-corrected chi connectivity index (χ3v) is 5.34. The minimum Gasteiger partial charge on any atom is -0.323 e. The first kappa shape index (κ1) is 21.7. The van der Waals surface area contributed by atoms with Crippen LogP contribution in [0.5, 0.6) is 0 Å². The monoisotopic (exact) mass is 491 g/mol. The first-order chi connectivity index (χ1) is 14.4. The van der Waals surface area contributed by atoms with Gasteiger partial charge in [0.25, 0.3) is 5.69 Å². The first-order valence-corrected chi connectivity index (χ1v) is 10.3. The molecule has 0 fully saturated rings. The van der Waals surface area contributed by atoms with Crippen LogP contribution in [0.1, 0.15) is 0 Å². The first-order valence-electron chi connectivity index (χ1n) is 8.55. The number of rotatable bonds is 8. The van der Waals surface area contributed by atoms with Gasteiger partial charge >= 0.3 is 0 Å². The maximum Gasteiger partial charge on any atom is 0.270 e. The number of nitro groups is 1. The molecule has 3 aromatic rings. The van der Waals surface area contributed by atoms with Crippen molar-refractivity contribution in [3.05, 3.63) is 75.5 Å². The average Bonchev–Trinajstić information content (AvgIpc) is 3.11. The molecule has 0 atom stereocenters. The van der Waals surface area contributed by atoms with E-state index in [0.717, 1.165) is 11.8 Å². The molecule has 0 radical (unpaired) electrons. The fourth-order valence-electron chi connectivity index (χ4n) is 2.57. The molecule has 1 aromatic heterocycles. The summed E-state index contributed by atoms with van der Waals surface area (Å²) >= 11 is 4.27. The van der Waals surface area contributed by atoms with E-state index in [1.165, 1.54) is 24.3 Å². The van der Waals surface area contributed by atoms with Gasteiger partial charge in [0.1, 0.15) is 5.82 Å². The van der Waals surface area contributed by atoms with Gasteiger partial charge in [0.15, 0.2) is 11.0 Å². The lowest BCUT2D eigenvalue weighted by molar-refractivity contribution is -0.384. The van der Waals surface area contributed by atoms with E-state index in [9.17, 15) is 19.3 Å². The van der Waals surface area contributed by atoms with Gasteiger partial charge in [-0.05, 0) is 18.2 Å². The van der Waals surface area contributed by atoms with Gasteiger partial charge in [-0.3, -0.25) is 19.5 Å². The molecular weight excluding hydrogens is 477 g/mol. The van der Waals surface area contributed by atoms with Crippen molar-refractivity contribution < 1.29 is 14.1 Å². The largest absolute Gasteiger partial charge is 0.323 e. The summed E-state index contributed by atoms with van der Waals surface area (Å²) in [5.41, 5.74) is 0.534. The van der Waals surface area contributed by atoms with E-state index in [-0.39, 0.29) is 17.1 Å². The number of halogens is 2. The summed E-state index contributed by atoms with van der Waals surface area (Å²) in [6.07, 6.45) is 1.63. The number of hydrogen-bond donors (Lipinski definition) is 1. The number of aromatic nitrogens is 3. The van der Waals surface area contributed by atoms with Gasteiger partial charge in [0, 0.05) is 28.7 Å². The van der Waals surface area contributed by atoms with Gasteiger partial charge in [-0.15, -0.1) is 16.8 Å². The Kier molecular flexibility index (Phi) is 6.95. The zero-order valence-electron chi connectivity index (χ0n) is 15.4. The third kappa shape index (κ3) is 5.10. The van der Waals surface area contributed by atoms with Crippen molar-refractivity contribution in [2.75, 3.05) is 11.1 Å². The van der Waals surface area contributed by atoms with E-state index in [0.29, 0.717) is 27.6 Å². The van der Waals surface area contributed by atoms with Crippen molar-refractivity contribution in [1.29, 1.82) is 0 Å². The maximum absolute atomic E-state index is 13.9. The van der Waals surface area contributed by atoms with Gasteiger partial charge in [-0.2, -0.15) is 0 Å². The fraction of sp³-hybridized carbons (Fsp3) is 0.105. The van der Waals surface area contributed by atoms with Crippen LogP contribution in [0.15, 0.2) is 64.7 Å². The van der Waals surface area contributed by atoms with E-state index in [1.54, 1.807) is 28.8 Å². The Morgan fingerprint density at radius 1 is 1.33 bits per heavy atom. The van der Waals surface area contributed by atoms with Crippen LogP contribution in [0.2, 0.25) is 0 Å². The van der Waals surface area contributed by atoms with Gasteiger partial charge in [-0.25, -0.2) is 4.39 Å². The predicted octanol–water partition coefficient (Wildman–Crippen LogP) is 4.67. The Labute approximate surface area is 183 Å². The number of benzene rings is 2. The van der Waals surface area contributed by atoms with Crippen molar-refractivity contribution in [2.45, 2.75) is 11.7 Å². The maximum atomic E-state index is 13.9. The summed E-state index contributed by atoms with van der Waals surface area (Å²) in [5, 5.41) is 22.2. The molecule has 2 aromatic carbocycles. The molecule has 0 spiro atoms. The van der Waals surface area contributed by atoms with E-state index in [4.69, 9.17) is 0 Å². The number of nitro benzene ring substituents is 1. The molecule has 0 aliphatic heterocycles. The van der Waals surface area contributed by atoms with Crippen molar-refractivity contribution in [3.8, 4) is 11.4 Å². The lowest BCUT2D eigenvalue weighted by Crippen LogP contribution is -2.15. The van der Waals surface area contributed by atoms with Gasteiger partial charge < -0.3 is 5.32 Å². The fourth-order valence-corrected chi connectivity index (χ4v) is 3.65. The topological polar surface area (TPSA) is 103 Å². The zero-order chi connectivity index (χ0) is 21.7. The highest BCUT2D eigenvalue weighted by molar-refractivity contribution is 9.10.